The third-order valence-electron chi connectivity index (χ3n) is 2.86. The molecule has 0 atom stereocenters. The first kappa shape index (κ1) is 13.8. The molecule has 19 heavy (non-hydrogen) atoms. The second-order valence-electron chi connectivity index (χ2n) is 4.33. The maximum Gasteiger partial charge on any atom is 0.253 e. The van der Waals surface area contributed by atoms with E-state index in [-0.39, 0.29) is 5.91 Å². The zero-order valence-electron chi connectivity index (χ0n) is 11.0. The van der Waals surface area contributed by atoms with Gasteiger partial charge in [-0.3, -0.25) is 9.48 Å². The van der Waals surface area contributed by atoms with Crippen LogP contribution < -0.4 is 0 Å². The van der Waals surface area contributed by atoms with Gasteiger partial charge in [-0.1, -0.05) is 15.9 Å². The fraction of sp³-hybridized carbons (Fsp3) is 0.286. The average molecular weight is 322 g/mol. The molecule has 5 heteroatoms. The lowest BCUT2D eigenvalue weighted by molar-refractivity contribution is 0.0783. The first-order valence-corrected chi connectivity index (χ1v) is 6.93. The van der Waals surface area contributed by atoms with Crippen LogP contribution in [0.5, 0.6) is 0 Å². The molecule has 0 aliphatic carbocycles. The number of rotatable bonds is 4. The summed E-state index contributed by atoms with van der Waals surface area (Å²) in [6, 6.07) is 9.30. The number of benzene rings is 1. The summed E-state index contributed by atoms with van der Waals surface area (Å²) < 4.78 is 2.82. The number of amides is 1. The molecule has 2 rings (SSSR count). The van der Waals surface area contributed by atoms with Crippen molar-refractivity contribution in [2.75, 3.05) is 7.05 Å². The van der Waals surface area contributed by atoms with Gasteiger partial charge in [0.15, 0.2) is 0 Å². The molecule has 0 fully saturated rings. The highest BCUT2D eigenvalue weighted by molar-refractivity contribution is 9.10. The first-order valence-electron chi connectivity index (χ1n) is 6.13. The second kappa shape index (κ2) is 6.02. The maximum absolute atomic E-state index is 12.2. The van der Waals surface area contributed by atoms with Crippen molar-refractivity contribution in [1.29, 1.82) is 0 Å². The van der Waals surface area contributed by atoms with Gasteiger partial charge in [-0.2, -0.15) is 5.10 Å². The predicted octanol–water partition coefficient (Wildman–Crippen LogP) is 2.94. The number of aryl methyl sites for hydroxylation is 1. The summed E-state index contributed by atoms with van der Waals surface area (Å²) in [7, 11) is 1.79. The van der Waals surface area contributed by atoms with E-state index >= 15 is 0 Å². The van der Waals surface area contributed by atoms with E-state index in [9.17, 15) is 4.79 Å². The van der Waals surface area contributed by atoms with Crippen molar-refractivity contribution in [1.82, 2.24) is 14.7 Å². The molecule has 0 saturated carbocycles. The van der Waals surface area contributed by atoms with E-state index in [4.69, 9.17) is 0 Å². The van der Waals surface area contributed by atoms with Crippen molar-refractivity contribution >= 4 is 21.8 Å². The van der Waals surface area contributed by atoms with Crippen molar-refractivity contribution in [2.45, 2.75) is 20.0 Å². The lowest BCUT2D eigenvalue weighted by atomic mass is 10.2. The van der Waals surface area contributed by atoms with Crippen LogP contribution in [0.1, 0.15) is 23.0 Å². The van der Waals surface area contributed by atoms with Gasteiger partial charge in [0.05, 0.1) is 12.2 Å². The Labute approximate surface area is 121 Å². The Balaban J connectivity index is 2.04. The lowest BCUT2D eigenvalue weighted by Crippen LogP contribution is -2.26. The second-order valence-corrected chi connectivity index (χ2v) is 5.25. The smallest absolute Gasteiger partial charge is 0.253 e. The summed E-state index contributed by atoms with van der Waals surface area (Å²) >= 11 is 3.36. The van der Waals surface area contributed by atoms with Crippen LogP contribution in [0.3, 0.4) is 0 Å². The third-order valence-corrected chi connectivity index (χ3v) is 3.39. The Morgan fingerprint density at radius 1 is 1.32 bits per heavy atom. The number of halogens is 1. The molecular formula is C14H16BrN3O. The monoisotopic (exact) mass is 321 g/mol. The quantitative estimate of drug-likeness (QED) is 0.868. The van der Waals surface area contributed by atoms with Gasteiger partial charge in [0, 0.05) is 29.8 Å². The molecule has 0 aliphatic heterocycles. The van der Waals surface area contributed by atoms with Crippen molar-refractivity contribution in [3.8, 4) is 0 Å². The van der Waals surface area contributed by atoms with Crippen LogP contribution in [0.25, 0.3) is 0 Å². The van der Waals surface area contributed by atoms with E-state index in [0.717, 1.165) is 16.7 Å². The van der Waals surface area contributed by atoms with Crippen molar-refractivity contribution in [3.63, 3.8) is 0 Å². The van der Waals surface area contributed by atoms with Gasteiger partial charge in [0.1, 0.15) is 0 Å². The van der Waals surface area contributed by atoms with Crippen LogP contribution in [0, 0.1) is 0 Å². The van der Waals surface area contributed by atoms with Crippen LogP contribution in [0.15, 0.2) is 41.0 Å². The summed E-state index contributed by atoms with van der Waals surface area (Å²) in [6.45, 7) is 3.39. The van der Waals surface area contributed by atoms with Crippen LogP contribution in [-0.2, 0) is 13.1 Å². The topological polar surface area (TPSA) is 38.1 Å². The zero-order valence-corrected chi connectivity index (χ0v) is 12.6. The summed E-state index contributed by atoms with van der Waals surface area (Å²) in [5.74, 6) is -0.00134. The lowest BCUT2D eigenvalue weighted by Gasteiger charge is -2.15. The molecular weight excluding hydrogens is 306 g/mol. The number of carbonyl (C=O) groups excluding carboxylic acids is 1. The fourth-order valence-electron chi connectivity index (χ4n) is 1.79. The van der Waals surface area contributed by atoms with E-state index in [0.29, 0.717) is 12.1 Å². The normalized spacial score (nSPS) is 10.5. The van der Waals surface area contributed by atoms with Crippen LogP contribution in [-0.4, -0.2) is 27.6 Å². The van der Waals surface area contributed by atoms with Crippen molar-refractivity contribution < 1.29 is 4.79 Å². The van der Waals surface area contributed by atoms with Crippen LogP contribution >= 0.6 is 15.9 Å². The zero-order chi connectivity index (χ0) is 13.8. The summed E-state index contributed by atoms with van der Waals surface area (Å²) in [5.41, 5.74) is 1.58. The van der Waals surface area contributed by atoms with Gasteiger partial charge in [-0.25, -0.2) is 0 Å². The molecule has 4 nitrogen and oxygen atoms in total. The summed E-state index contributed by atoms with van der Waals surface area (Å²) in [5, 5.41) is 4.37. The molecule has 1 amide bonds. The Hall–Kier alpha value is -1.62. The Kier molecular flexibility index (Phi) is 4.37. The third kappa shape index (κ3) is 3.44. The van der Waals surface area contributed by atoms with E-state index < -0.39 is 0 Å². The number of nitrogens with zero attached hydrogens (tertiary/aromatic N) is 3. The van der Waals surface area contributed by atoms with Gasteiger partial charge < -0.3 is 4.90 Å². The highest BCUT2D eigenvalue weighted by Gasteiger charge is 2.12. The molecule has 1 aromatic heterocycles. The molecule has 0 bridgehead atoms. The van der Waals surface area contributed by atoms with E-state index in [1.54, 1.807) is 11.9 Å². The van der Waals surface area contributed by atoms with Gasteiger partial charge in [-0.05, 0) is 37.3 Å². The van der Waals surface area contributed by atoms with E-state index in [1.807, 2.05) is 48.1 Å². The number of hydrogen-bond acceptors (Lipinski definition) is 2. The molecule has 0 unspecified atom stereocenters. The molecule has 0 N–H and O–H groups in total. The number of aromatic nitrogens is 2. The minimum absolute atomic E-state index is 0.00134. The minimum atomic E-state index is -0.00134. The molecule has 0 radical (unpaired) electrons. The molecule has 100 valence electrons. The van der Waals surface area contributed by atoms with Gasteiger partial charge in [-0.15, -0.1) is 0 Å². The SMILES string of the molecule is CCn1ccc(CN(C)C(=O)c2ccc(Br)cc2)n1. The van der Waals surface area contributed by atoms with Crippen molar-refractivity contribution in [2.24, 2.45) is 0 Å². The highest BCUT2D eigenvalue weighted by Crippen LogP contribution is 2.12. The minimum Gasteiger partial charge on any atom is -0.336 e. The van der Waals surface area contributed by atoms with Crippen LogP contribution in [0.4, 0.5) is 0 Å². The first-order chi connectivity index (χ1) is 9.10. The molecule has 1 aromatic carbocycles. The molecule has 2 aromatic rings. The van der Waals surface area contributed by atoms with E-state index in [2.05, 4.69) is 21.0 Å². The highest BCUT2D eigenvalue weighted by atomic mass is 79.9. The number of carbonyl (C=O) groups is 1. The van der Waals surface area contributed by atoms with Gasteiger partial charge in [0.25, 0.3) is 5.91 Å². The van der Waals surface area contributed by atoms with Gasteiger partial charge >= 0.3 is 0 Å². The summed E-state index contributed by atoms with van der Waals surface area (Å²) in [6.07, 6.45) is 1.92. The Morgan fingerprint density at radius 3 is 2.58 bits per heavy atom. The van der Waals surface area contributed by atoms with Gasteiger partial charge in [0.2, 0.25) is 0 Å². The Morgan fingerprint density at radius 2 is 2.00 bits per heavy atom. The Bertz CT molecular complexity index is 562. The van der Waals surface area contributed by atoms with Crippen molar-refractivity contribution in [3.05, 3.63) is 52.3 Å². The molecule has 0 spiro atoms. The number of hydrogen-bond donors (Lipinski definition) is 0. The predicted molar refractivity (Wildman–Crippen MR) is 77.8 cm³/mol. The standard InChI is InChI=1S/C14H16BrN3O/c1-3-18-9-8-13(16-18)10-17(2)14(19)11-4-6-12(15)7-5-11/h4-9H,3,10H2,1-2H3. The average Bonchev–Trinajstić information content (AvgIpc) is 2.86. The van der Waals surface area contributed by atoms with E-state index in [1.165, 1.54) is 0 Å². The summed E-state index contributed by atoms with van der Waals surface area (Å²) in [4.78, 5) is 13.9. The molecule has 1 heterocycles. The molecule has 0 saturated heterocycles. The fourth-order valence-corrected chi connectivity index (χ4v) is 2.06. The maximum atomic E-state index is 12.2. The van der Waals surface area contributed by atoms with Crippen LogP contribution in [0.2, 0.25) is 0 Å². The molecule has 0 aliphatic rings. The largest absolute Gasteiger partial charge is 0.336 e.